The maximum atomic E-state index is 12.8. The average Bonchev–Trinajstić information content (AvgIpc) is 2.53. The summed E-state index contributed by atoms with van der Waals surface area (Å²) in [5.74, 6) is 2.07. The number of carbonyl (C=O) groups excluding carboxylic acids is 1. The van der Waals surface area contributed by atoms with Gasteiger partial charge in [0.2, 0.25) is 0 Å². The number of anilines is 1. The van der Waals surface area contributed by atoms with E-state index in [1.165, 1.54) is 25.3 Å². The fourth-order valence-electron chi connectivity index (χ4n) is 5.74. The van der Waals surface area contributed by atoms with Crippen molar-refractivity contribution < 1.29 is 9.72 Å². The van der Waals surface area contributed by atoms with Gasteiger partial charge in [-0.05, 0) is 75.3 Å². The summed E-state index contributed by atoms with van der Waals surface area (Å²) in [5, 5.41) is 17.6. The molecular weight excluding hydrogens is 318 g/mol. The molecule has 1 aromatic rings. The van der Waals surface area contributed by atoms with Gasteiger partial charge < -0.3 is 10.6 Å². The molecule has 1 amide bonds. The molecule has 0 aromatic heterocycles. The van der Waals surface area contributed by atoms with Crippen molar-refractivity contribution in [2.24, 2.45) is 17.8 Å². The summed E-state index contributed by atoms with van der Waals surface area (Å²) in [6.07, 6.45) is 7.17. The molecular formula is C19H25N3O3. The number of nitro benzene ring substituents is 1. The minimum Gasteiger partial charge on any atom is -0.380 e. The third-order valence-electron chi connectivity index (χ3n) is 6.24. The fraction of sp³-hybridized carbons (Fsp3) is 0.632. The first-order valence-electron chi connectivity index (χ1n) is 9.33. The van der Waals surface area contributed by atoms with Crippen LogP contribution < -0.4 is 10.6 Å². The molecule has 0 radical (unpaired) electrons. The Labute approximate surface area is 147 Å². The van der Waals surface area contributed by atoms with Gasteiger partial charge in [0.25, 0.3) is 11.6 Å². The van der Waals surface area contributed by atoms with Gasteiger partial charge in [0.05, 0.1) is 4.92 Å². The first-order valence-corrected chi connectivity index (χ1v) is 9.33. The number of nitrogens with zero attached hydrogens (tertiary/aromatic N) is 1. The van der Waals surface area contributed by atoms with Crippen LogP contribution in [-0.2, 0) is 0 Å². The Morgan fingerprint density at radius 3 is 2.32 bits per heavy atom. The summed E-state index contributed by atoms with van der Waals surface area (Å²) in [6, 6.07) is 4.71. The van der Waals surface area contributed by atoms with Gasteiger partial charge in [-0.25, -0.2) is 0 Å². The molecule has 6 nitrogen and oxygen atoms in total. The lowest BCUT2D eigenvalue weighted by atomic mass is 9.53. The Morgan fingerprint density at radius 2 is 1.80 bits per heavy atom. The van der Waals surface area contributed by atoms with Crippen LogP contribution in [0, 0.1) is 27.9 Å². The quantitative estimate of drug-likeness (QED) is 0.630. The third kappa shape index (κ3) is 2.98. The van der Waals surface area contributed by atoms with Crippen molar-refractivity contribution in [1.29, 1.82) is 0 Å². The van der Waals surface area contributed by atoms with Crippen LogP contribution in [0.15, 0.2) is 18.2 Å². The molecule has 0 saturated heterocycles. The summed E-state index contributed by atoms with van der Waals surface area (Å²) in [6.45, 7) is 2.48. The summed E-state index contributed by atoms with van der Waals surface area (Å²) in [5.41, 5.74) is 0.712. The highest BCUT2D eigenvalue weighted by Crippen LogP contribution is 2.55. The lowest BCUT2D eigenvalue weighted by Gasteiger charge is -2.56. The van der Waals surface area contributed by atoms with Gasteiger partial charge in [-0.3, -0.25) is 14.9 Å². The van der Waals surface area contributed by atoms with Gasteiger partial charge in [-0.15, -0.1) is 0 Å². The Kier molecular flexibility index (Phi) is 3.93. The van der Waals surface area contributed by atoms with E-state index < -0.39 is 4.92 Å². The number of carbonyl (C=O) groups is 1. The van der Waals surface area contributed by atoms with Gasteiger partial charge in [0.15, 0.2) is 0 Å². The van der Waals surface area contributed by atoms with E-state index in [1.807, 2.05) is 6.92 Å². The zero-order valence-corrected chi connectivity index (χ0v) is 14.6. The molecule has 0 unspecified atom stereocenters. The third-order valence-corrected chi connectivity index (χ3v) is 6.24. The normalized spacial score (nSPS) is 32.4. The van der Waals surface area contributed by atoms with E-state index in [0.717, 1.165) is 37.0 Å². The van der Waals surface area contributed by atoms with Crippen molar-refractivity contribution in [2.45, 2.75) is 51.0 Å². The molecule has 4 bridgehead atoms. The van der Waals surface area contributed by atoms with Crippen LogP contribution in [0.3, 0.4) is 0 Å². The van der Waals surface area contributed by atoms with Crippen LogP contribution in [0.25, 0.3) is 0 Å². The first kappa shape index (κ1) is 16.4. The number of amides is 1. The monoisotopic (exact) mass is 343 g/mol. The Bertz CT molecular complexity index is 681. The molecule has 4 aliphatic rings. The molecule has 25 heavy (non-hydrogen) atoms. The van der Waals surface area contributed by atoms with Crippen LogP contribution in [-0.4, -0.2) is 22.9 Å². The highest BCUT2D eigenvalue weighted by Gasteiger charge is 2.51. The van der Waals surface area contributed by atoms with Crippen LogP contribution >= 0.6 is 0 Å². The van der Waals surface area contributed by atoms with E-state index in [4.69, 9.17) is 0 Å². The lowest BCUT2D eigenvalue weighted by molar-refractivity contribution is -0.384. The van der Waals surface area contributed by atoms with E-state index in [-0.39, 0.29) is 17.1 Å². The number of rotatable bonds is 5. The molecule has 4 aliphatic carbocycles. The Morgan fingerprint density at radius 1 is 1.20 bits per heavy atom. The standard InChI is InChI=1S/C19H25N3O3/c1-2-20-16-4-3-15(8-17(16)22(24)25)18(23)21-19-9-12-5-13(10-19)7-14(6-12)11-19/h3-4,8,12-14,20H,2,5-7,9-11H2,1H3,(H,21,23). The molecule has 4 fully saturated rings. The van der Waals surface area contributed by atoms with Crippen molar-refractivity contribution >= 4 is 17.3 Å². The van der Waals surface area contributed by atoms with Crippen molar-refractivity contribution in [3.8, 4) is 0 Å². The predicted octanol–water partition coefficient (Wildman–Crippen LogP) is 3.73. The fourth-order valence-corrected chi connectivity index (χ4v) is 5.74. The molecule has 0 atom stereocenters. The van der Waals surface area contributed by atoms with Gasteiger partial charge in [-0.1, -0.05) is 0 Å². The second-order valence-electron chi connectivity index (χ2n) is 8.17. The van der Waals surface area contributed by atoms with Crippen LogP contribution in [0.2, 0.25) is 0 Å². The maximum absolute atomic E-state index is 12.8. The lowest BCUT2D eigenvalue weighted by Crippen LogP contribution is -2.59. The van der Waals surface area contributed by atoms with E-state index in [2.05, 4.69) is 10.6 Å². The smallest absolute Gasteiger partial charge is 0.293 e. The van der Waals surface area contributed by atoms with Crippen molar-refractivity contribution in [3.63, 3.8) is 0 Å². The topological polar surface area (TPSA) is 84.3 Å². The van der Waals surface area contributed by atoms with Crippen molar-refractivity contribution in [3.05, 3.63) is 33.9 Å². The summed E-state index contributed by atoms with van der Waals surface area (Å²) >= 11 is 0. The van der Waals surface area contributed by atoms with Crippen molar-refractivity contribution in [1.82, 2.24) is 5.32 Å². The van der Waals surface area contributed by atoms with Crippen LogP contribution in [0.5, 0.6) is 0 Å². The van der Waals surface area contributed by atoms with Gasteiger partial charge in [-0.2, -0.15) is 0 Å². The zero-order chi connectivity index (χ0) is 17.6. The molecule has 1 aromatic carbocycles. The van der Waals surface area contributed by atoms with Crippen molar-refractivity contribution in [2.75, 3.05) is 11.9 Å². The number of nitro groups is 1. The number of benzene rings is 1. The minimum absolute atomic E-state index is 0.0417. The summed E-state index contributed by atoms with van der Waals surface area (Å²) < 4.78 is 0. The summed E-state index contributed by atoms with van der Waals surface area (Å²) in [4.78, 5) is 23.7. The highest BCUT2D eigenvalue weighted by atomic mass is 16.6. The first-order chi connectivity index (χ1) is 12.0. The molecule has 0 heterocycles. The second kappa shape index (κ2) is 6.00. The minimum atomic E-state index is -0.431. The maximum Gasteiger partial charge on any atom is 0.293 e. The largest absolute Gasteiger partial charge is 0.380 e. The zero-order valence-electron chi connectivity index (χ0n) is 14.6. The average molecular weight is 343 g/mol. The van der Waals surface area contributed by atoms with Gasteiger partial charge in [0, 0.05) is 23.7 Å². The molecule has 5 rings (SSSR count). The second-order valence-corrected chi connectivity index (χ2v) is 8.17. The SMILES string of the molecule is CCNc1ccc(C(=O)NC23CC4CC(CC(C4)C2)C3)cc1[N+](=O)[O-]. The Hall–Kier alpha value is -2.11. The van der Waals surface area contributed by atoms with Gasteiger partial charge in [0.1, 0.15) is 5.69 Å². The molecule has 6 heteroatoms. The van der Waals surface area contributed by atoms with E-state index in [9.17, 15) is 14.9 Å². The Balaban J connectivity index is 1.55. The van der Waals surface area contributed by atoms with E-state index in [1.54, 1.807) is 12.1 Å². The van der Waals surface area contributed by atoms with Gasteiger partial charge >= 0.3 is 0 Å². The van der Waals surface area contributed by atoms with E-state index in [0.29, 0.717) is 17.8 Å². The summed E-state index contributed by atoms with van der Waals surface area (Å²) in [7, 11) is 0. The number of hydrogen-bond donors (Lipinski definition) is 2. The molecule has 0 spiro atoms. The number of nitrogens with one attached hydrogen (secondary N) is 2. The number of hydrogen-bond acceptors (Lipinski definition) is 4. The molecule has 2 N–H and O–H groups in total. The molecule has 0 aliphatic heterocycles. The molecule has 4 saturated carbocycles. The van der Waals surface area contributed by atoms with E-state index >= 15 is 0 Å². The molecule has 134 valence electrons. The van der Waals surface area contributed by atoms with Crippen LogP contribution in [0.1, 0.15) is 55.8 Å². The predicted molar refractivity (Wildman–Crippen MR) is 95.6 cm³/mol. The van der Waals surface area contributed by atoms with Crippen LogP contribution in [0.4, 0.5) is 11.4 Å². The highest BCUT2D eigenvalue weighted by molar-refractivity contribution is 5.96.